The number of anilines is 3. The lowest BCUT2D eigenvalue weighted by Crippen LogP contribution is -2.44. The van der Waals surface area contributed by atoms with Gasteiger partial charge in [0.15, 0.2) is 5.13 Å². The summed E-state index contributed by atoms with van der Waals surface area (Å²) in [7, 11) is 2.08. The van der Waals surface area contributed by atoms with Gasteiger partial charge in [-0.1, -0.05) is 23.8 Å². The van der Waals surface area contributed by atoms with Gasteiger partial charge in [0.2, 0.25) is 5.78 Å². The molecule has 10 heteroatoms. The lowest BCUT2D eigenvalue weighted by molar-refractivity contribution is 0.0928. The number of ketones is 1. The Labute approximate surface area is 200 Å². The van der Waals surface area contributed by atoms with Gasteiger partial charge < -0.3 is 21.3 Å². The molecule has 2 heterocycles. The third-order valence-electron chi connectivity index (χ3n) is 5.87. The van der Waals surface area contributed by atoms with E-state index in [4.69, 9.17) is 5.73 Å². The number of nitrogens with two attached hydrogens (primary N) is 1. The number of carbonyl (C=O) groups is 2. The van der Waals surface area contributed by atoms with Crippen molar-refractivity contribution in [2.75, 3.05) is 31.2 Å². The maximum absolute atomic E-state index is 14.0. The van der Waals surface area contributed by atoms with Crippen molar-refractivity contribution < 1.29 is 18.4 Å². The van der Waals surface area contributed by atoms with Crippen LogP contribution in [0.5, 0.6) is 0 Å². The van der Waals surface area contributed by atoms with Gasteiger partial charge in [0.1, 0.15) is 22.3 Å². The lowest BCUT2D eigenvalue weighted by Gasteiger charge is -2.32. The minimum Gasteiger partial charge on any atom is -0.382 e. The Hall–Kier alpha value is -3.37. The van der Waals surface area contributed by atoms with Crippen LogP contribution < -0.4 is 16.4 Å². The number of hydrogen-bond donors (Lipinski definition) is 3. The van der Waals surface area contributed by atoms with Crippen molar-refractivity contribution in [3.63, 3.8) is 0 Å². The summed E-state index contributed by atoms with van der Waals surface area (Å²) < 4.78 is 28.0. The van der Waals surface area contributed by atoms with E-state index >= 15 is 0 Å². The summed E-state index contributed by atoms with van der Waals surface area (Å²) in [5, 5.41) is 6.28. The molecule has 1 amide bonds. The van der Waals surface area contributed by atoms with Gasteiger partial charge in [-0.15, -0.1) is 0 Å². The molecule has 0 radical (unpaired) electrons. The van der Waals surface area contributed by atoms with Crippen molar-refractivity contribution in [3.8, 4) is 0 Å². The minimum absolute atomic E-state index is 0.0600. The third kappa shape index (κ3) is 5.23. The molecule has 34 heavy (non-hydrogen) atoms. The fraction of sp³-hybridized carbons (Fsp3) is 0.292. The first-order valence-electron chi connectivity index (χ1n) is 10.9. The molecule has 0 saturated carbocycles. The third-order valence-corrected chi connectivity index (χ3v) is 6.85. The number of amides is 1. The standard InChI is InChI=1S/C24H25F2N5O2S/c1-31-12-3-2-5-16(31)13-28-23(33)14-8-10-15(11-9-14)29-24-30-22(27)21(34-24)20(32)19-17(25)6-4-7-18(19)26/h4,6-11,16H,2-3,5,12-13,27H2,1H3,(H,28,33)(H,29,30)/t16-/m0/s1. The van der Waals surface area contributed by atoms with Crippen LogP contribution in [0.25, 0.3) is 0 Å². The molecule has 4 N–H and O–H groups in total. The number of carbonyl (C=O) groups excluding carboxylic acids is 2. The second-order valence-corrected chi connectivity index (χ2v) is 9.20. The molecule has 0 bridgehead atoms. The maximum Gasteiger partial charge on any atom is 0.251 e. The average Bonchev–Trinajstić information content (AvgIpc) is 3.18. The van der Waals surface area contributed by atoms with Crippen LogP contribution >= 0.6 is 11.3 Å². The van der Waals surface area contributed by atoms with Crippen LogP contribution in [0.3, 0.4) is 0 Å². The normalized spacial score (nSPS) is 16.3. The molecule has 0 spiro atoms. The largest absolute Gasteiger partial charge is 0.382 e. The highest BCUT2D eigenvalue weighted by atomic mass is 32.1. The molecule has 2 aromatic carbocycles. The molecule has 3 aromatic rings. The number of halogens is 2. The maximum atomic E-state index is 14.0. The predicted molar refractivity (Wildman–Crippen MR) is 129 cm³/mol. The molecule has 1 fully saturated rings. The summed E-state index contributed by atoms with van der Waals surface area (Å²) in [5.41, 5.74) is 6.31. The molecule has 1 atom stereocenters. The summed E-state index contributed by atoms with van der Waals surface area (Å²) in [4.78, 5) is 31.4. The number of thiazole rings is 1. The van der Waals surface area contributed by atoms with Crippen molar-refractivity contribution >= 4 is 39.7 Å². The summed E-state index contributed by atoms with van der Waals surface area (Å²) in [6, 6.07) is 10.3. The minimum atomic E-state index is -0.962. The van der Waals surface area contributed by atoms with E-state index in [2.05, 4.69) is 27.6 Å². The van der Waals surface area contributed by atoms with Crippen molar-refractivity contribution in [1.29, 1.82) is 0 Å². The number of aromatic nitrogens is 1. The SMILES string of the molecule is CN1CCCC[C@H]1CNC(=O)c1ccc(Nc2nc(N)c(C(=O)c3c(F)cccc3F)s2)cc1. The molecule has 1 aromatic heterocycles. The topological polar surface area (TPSA) is 100 Å². The van der Waals surface area contributed by atoms with E-state index in [1.54, 1.807) is 24.3 Å². The number of nitrogens with one attached hydrogen (secondary N) is 2. The highest BCUT2D eigenvalue weighted by molar-refractivity contribution is 7.18. The van der Waals surface area contributed by atoms with Crippen molar-refractivity contribution in [2.24, 2.45) is 0 Å². The summed E-state index contributed by atoms with van der Waals surface area (Å²) >= 11 is 0.895. The highest BCUT2D eigenvalue weighted by Crippen LogP contribution is 2.31. The molecule has 4 rings (SSSR count). The summed E-state index contributed by atoms with van der Waals surface area (Å²) in [5.74, 6) is -3.06. The van der Waals surface area contributed by atoms with E-state index in [1.807, 2.05) is 0 Å². The highest BCUT2D eigenvalue weighted by Gasteiger charge is 2.24. The van der Waals surface area contributed by atoms with Crippen molar-refractivity contribution in [1.82, 2.24) is 15.2 Å². The first kappa shape index (κ1) is 23.8. The Bertz CT molecular complexity index is 1180. The van der Waals surface area contributed by atoms with E-state index in [0.29, 0.717) is 23.8 Å². The molecule has 0 aliphatic carbocycles. The number of piperidine rings is 1. The van der Waals surface area contributed by atoms with E-state index in [-0.39, 0.29) is 21.7 Å². The Morgan fingerprint density at radius 2 is 1.85 bits per heavy atom. The number of benzene rings is 2. The quantitative estimate of drug-likeness (QED) is 0.434. The van der Waals surface area contributed by atoms with E-state index in [1.165, 1.54) is 18.9 Å². The lowest BCUT2D eigenvalue weighted by atomic mass is 10.0. The van der Waals surface area contributed by atoms with Gasteiger partial charge in [-0.3, -0.25) is 9.59 Å². The molecule has 1 aliphatic rings. The zero-order valence-electron chi connectivity index (χ0n) is 18.6. The smallest absolute Gasteiger partial charge is 0.251 e. The van der Waals surface area contributed by atoms with Gasteiger partial charge in [0.05, 0.1) is 5.56 Å². The molecular formula is C24H25F2N5O2S. The molecule has 178 valence electrons. The molecule has 1 aliphatic heterocycles. The first-order valence-corrected chi connectivity index (χ1v) is 11.8. The van der Waals surface area contributed by atoms with Gasteiger partial charge in [0.25, 0.3) is 5.91 Å². The van der Waals surface area contributed by atoms with Gasteiger partial charge in [-0.25, -0.2) is 13.8 Å². The summed E-state index contributed by atoms with van der Waals surface area (Å²) in [6.45, 7) is 1.65. The Kier molecular flexibility index (Phi) is 7.18. The Morgan fingerprint density at radius 1 is 1.15 bits per heavy atom. The number of likely N-dealkylation sites (N-methyl/N-ethyl adjacent to an activating group) is 1. The van der Waals surface area contributed by atoms with Crippen LogP contribution in [-0.2, 0) is 0 Å². The monoisotopic (exact) mass is 485 g/mol. The van der Waals surface area contributed by atoms with Gasteiger partial charge in [-0.05, 0) is 62.8 Å². The molecular weight excluding hydrogens is 460 g/mol. The van der Waals surface area contributed by atoms with Crippen LogP contribution in [0.15, 0.2) is 42.5 Å². The molecule has 1 saturated heterocycles. The average molecular weight is 486 g/mol. The molecule has 0 unspecified atom stereocenters. The number of rotatable bonds is 7. The van der Waals surface area contributed by atoms with E-state index < -0.39 is 23.0 Å². The van der Waals surface area contributed by atoms with Crippen LogP contribution in [-0.4, -0.2) is 47.8 Å². The summed E-state index contributed by atoms with van der Waals surface area (Å²) in [6.07, 6.45) is 3.44. The second kappa shape index (κ2) is 10.3. The van der Waals surface area contributed by atoms with Crippen molar-refractivity contribution in [2.45, 2.75) is 25.3 Å². The van der Waals surface area contributed by atoms with E-state index in [0.717, 1.165) is 36.4 Å². The fourth-order valence-electron chi connectivity index (χ4n) is 3.92. The predicted octanol–water partition coefficient (Wildman–Crippen LogP) is 4.19. The second-order valence-electron chi connectivity index (χ2n) is 8.20. The van der Waals surface area contributed by atoms with Crippen LogP contribution in [0.4, 0.5) is 25.4 Å². The molecule has 7 nitrogen and oxygen atoms in total. The number of nitrogens with zero attached hydrogens (tertiary/aromatic N) is 2. The number of nitrogen functional groups attached to an aromatic ring is 1. The van der Waals surface area contributed by atoms with E-state index in [9.17, 15) is 18.4 Å². The van der Waals surface area contributed by atoms with Crippen molar-refractivity contribution in [3.05, 3.63) is 70.1 Å². The Balaban J connectivity index is 1.40. The van der Waals surface area contributed by atoms with Crippen LogP contribution in [0, 0.1) is 11.6 Å². The fourth-order valence-corrected chi connectivity index (χ4v) is 4.77. The van der Waals surface area contributed by atoms with Gasteiger partial charge >= 0.3 is 0 Å². The number of hydrogen-bond acceptors (Lipinski definition) is 7. The van der Waals surface area contributed by atoms with Gasteiger partial charge in [-0.2, -0.15) is 0 Å². The van der Waals surface area contributed by atoms with Crippen LogP contribution in [0.2, 0.25) is 0 Å². The first-order chi connectivity index (χ1) is 16.3. The zero-order valence-corrected chi connectivity index (χ0v) is 19.4. The van der Waals surface area contributed by atoms with Crippen LogP contribution in [0.1, 0.15) is 44.9 Å². The Morgan fingerprint density at radius 3 is 2.53 bits per heavy atom. The van der Waals surface area contributed by atoms with Gasteiger partial charge in [0, 0.05) is 23.8 Å². The number of likely N-dealkylation sites (tertiary alicyclic amines) is 1. The zero-order chi connectivity index (χ0) is 24.2.